The zero-order valence-electron chi connectivity index (χ0n) is 10.3. The fourth-order valence-electron chi connectivity index (χ4n) is 1.43. The fourth-order valence-corrected chi connectivity index (χ4v) is 2.62. The molecule has 1 aromatic carbocycles. The van der Waals surface area contributed by atoms with Gasteiger partial charge in [0.25, 0.3) is 5.91 Å². The van der Waals surface area contributed by atoms with E-state index < -0.39 is 17.9 Å². The molecule has 1 rings (SSSR count). The molecule has 0 radical (unpaired) electrons. The van der Waals surface area contributed by atoms with Crippen molar-refractivity contribution >= 4 is 43.7 Å². The van der Waals surface area contributed by atoms with Gasteiger partial charge in [-0.2, -0.15) is 0 Å². The summed E-state index contributed by atoms with van der Waals surface area (Å²) in [5.41, 5.74) is 0.253. The summed E-state index contributed by atoms with van der Waals surface area (Å²) < 4.78 is 0.701. The van der Waals surface area contributed by atoms with Crippen LogP contribution < -0.4 is 5.32 Å². The summed E-state index contributed by atoms with van der Waals surface area (Å²) in [5.74, 6) is -1.84. The van der Waals surface area contributed by atoms with Gasteiger partial charge in [-0.1, -0.05) is 13.8 Å². The van der Waals surface area contributed by atoms with Gasteiger partial charge in [0.1, 0.15) is 11.8 Å². The molecule has 5 nitrogen and oxygen atoms in total. The molecule has 104 valence electrons. The molecule has 0 fully saturated rings. The van der Waals surface area contributed by atoms with Crippen LogP contribution in [0.4, 0.5) is 0 Å². The average Bonchev–Trinajstić information content (AvgIpc) is 2.31. The number of hydrogen-bond donors (Lipinski definition) is 3. The Balaban J connectivity index is 2.98. The number of hydrogen-bond acceptors (Lipinski definition) is 3. The smallest absolute Gasteiger partial charge is 0.326 e. The summed E-state index contributed by atoms with van der Waals surface area (Å²) in [5, 5.41) is 21.0. The lowest BCUT2D eigenvalue weighted by Crippen LogP contribution is -2.44. The van der Waals surface area contributed by atoms with Gasteiger partial charge in [0.15, 0.2) is 0 Å². The second-order valence-corrected chi connectivity index (χ2v) is 6.03. The van der Waals surface area contributed by atoms with Crippen LogP contribution in [0.2, 0.25) is 0 Å². The topological polar surface area (TPSA) is 86.6 Å². The van der Waals surface area contributed by atoms with Crippen molar-refractivity contribution in [1.29, 1.82) is 0 Å². The second kappa shape index (κ2) is 6.38. The van der Waals surface area contributed by atoms with Crippen LogP contribution in [0, 0.1) is 5.92 Å². The van der Waals surface area contributed by atoms with Crippen molar-refractivity contribution in [3.05, 3.63) is 26.6 Å². The van der Waals surface area contributed by atoms with Gasteiger partial charge in [0.05, 0.1) is 8.95 Å². The largest absolute Gasteiger partial charge is 0.506 e. The van der Waals surface area contributed by atoms with Crippen LogP contribution in [0.3, 0.4) is 0 Å². The quantitative estimate of drug-likeness (QED) is 0.732. The van der Waals surface area contributed by atoms with Crippen LogP contribution in [0.25, 0.3) is 0 Å². The number of phenols is 1. The lowest BCUT2D eigenvalue weighted by atomic mass is 10.0. The predicted octanol–water partition coefficient (Wildman–Crippen LogP) is 2.76. The Kier molecular flexibility index (Phi) is 5.37. The molecular weight excluding hydrogens is 382 g/mol. The van der Waals surface area contributed by atoms with Crippen molar-refractivity contribution in [3.63, 3.8) is 0 Å². The Morgan fingerprint density at radius 3 is 2.05 bits per heavy atom. The van der Waals surface area contributed by atoms with E-state index in [0.29, 0.717) is 8.95 Å². The molecule has 0 heterocycles. The summed E-state index contributed by atoms with van der Waals surface area (Å²) >= 11 is 6.23. The Morgan fingerprint density at radius 2 is 1.68 bits per heavy atom. The number of carbonyl (C=O) groups excluding carboxylic acids is 1. The second-order valence-electron chi connectivity index (χ2n) is 4.32. The number of aliphatic carboxylic acids is 1. The van der Waals surface area contributed by atoms with Gasteiger partial charge in [-0.3, -0.25) is 4.79 Å². The first-order valence-corrected chi connectivity index (χ1v) is 7.04. The van der Waals surface area contributed by atoms with Gasteiger partial charge in [-0.15, -0.1) is 0 Å². The zero-order chi connectivity index (χ0) is 14.7. The first-order valence-electron chi connectivity index (χ1n) is 5.45. The van der Waals surface area contributed by atoms with Crippen LogP contribution in [-0.4, -0.2) is 28.1 Å². The highest BCUT2D eigenvalue weighted by Crippen LogP contribution is 2.33. The van der Waals surface area contributed by atoms with E-state index in [-0.39, 0.29) is 17.2 Å². The van der Waals surface area contributed by atoms with Gasteiger partial charge < -0.3 is 15.5 Å². The molecule has 0 spiro atoms. The highest BCUT2D eigenvalue weighted by Gasteiger charge is 2.24. The van der Waals surface area contributed by atoms with Crippen molar-refractivity contribution in [3.8, 4) is 5.75 Å². The number of phenolic OH excluding ortho intramolecular Hbond substituents is 1. The van der Waals surface area contributed by atoms with E-state index in [0.717, 1.165) is 0 Å². The monoisotopic (exact) mass is 393 g/mol. The number of halogens is 2. The first-order chi connectivity index (χ1) is 8.73. The Hall–Kier alpha value is -1.08. The van der Waals surface area contributed by atoms with E-state index in [1.54, 1.807) is 13.8 Å². The lowest BCUT2D eigenvalue weighted by Gasteiger charge is -2.18. The van der Waals surface area contributed by atoms with Gasteiger partial charge in [0, 0.05) is 5.56 Å². The highest BCUT2D eigenvalue weighted by atomic mass is 79.9. The molecule has 0 aromatic heterocycles. The van der Waals surface area contributed by atoms with Gasteiger partial charge in [-0.25, -0.2) is 4.79 Å². The number of carbonyl (C=O) groups is 2. The fraction of sp³-hybridized carbons (Fsp3) is 0.333. The number of amides is 1. The number of carboxylic acid groups (broad SMARTS) is 1. The first kappa shape index (κ1) is 16.0. The maximum Gasteiger partial charge on any atom is 0.326 e. The molecule has 0 saturated heterocycles. The molecule has 7 heteroatoms. The molecule has 0 saturated carbocycles. The number of nitrogens with one attached hydrogen (secondary N) is 1. The standard InChI is InChI=1S/C12H13Br2NO4/c1-5(2)9(12(18)19)15-11(17)6-3-7(13)10(16)8(14)4-6/h3-5,9,16H,1-2H3,(H,15,17)(H,18,19)/t9-/m0/s1. The van der Waals surface area contributed by atoms with Crippen LogP contribution in [0.5, 0.6) is 5.75 Å². The maximum atomic E-state index is 12.0. The molecule has 0 bridgehead atoms. The number of rotatable bonds is 4. The van der Waals surface area contributed by atoms with Crippen molar-refractivity contribution < 1.29 is 19.8 Å². The van der Waals surface area contributed by atoms with Crippen molar-refractivity contribution in [1.82, 2.24) is 5.32 Å². The minimum atomic E-state index is -1.08. The third-order valence-corrected chi connectivity index (χ3v) is 3.71. The predicted molar refractivity (Wildman–Crippen MR) is 77.2 cm³/mol. The SMILES string of the molecule is CC(C)[C@H](NC(=O)c1cc(Br)c(O)c(Br)c1)C(=O)O. The zero-order valence-corrected chi connectivity index (χ0v) is 13.4. The van der Waals surface area contributed by atoms with E-state index in [1.807, 2.05) is 0 Å². The summed E-state index contributed by atoms with van der Waals surface area (Å²) in [6.07, 6.45) is 0. The molecule has 1 atom stereocenters. The Morgan fingerprint density at radius 1 is 1.21 bits per heavy atom. The van der Waals surface area contributed by atoms with Crippen molar-refractivity contribution in [2.24, 2.45) is 5.92 Å². The molecule has 0 unspecified atom stereocenters. The number of benzene rings is 1. The highest BCUT2D eigenvalue weighted by molar-refractivity contribution is 9.11. The lowest BCUT2D eigenvalue weighted by molar-refractivity contribution is -0.140. The molecule has 1 amide bonds. The molecule has 3 N–H and O–H groups in total. The summed E-state index contributed by atoms with van der Waals surface area (Å²) in [6.45, 7) is 3.42. The summed E-state index contributed by atoms with van der Waals surface area (Å²) in [7, 11) is 0. The van der Waals surface area contributed by atoms with Crippen LogP contribution >= 0.6 is 31.9 Å². The molecule has 0 aliphatic rings. The third kappa shape index (κ3) is 3.94. The van der Waals surface area contributed by atoms with Crippen molar-refractivity contribution in [2.75, 3.05) is 0 Å². The van der Waals surface area contributed by atoms with E-state index in [1.165, 1.54) is 12.1 Å². The molecule has 1 aromatic rings. The summed E-state index contributed by atoms with van der Waals surface area (Å²) in [6, 6.07) is 1.89. The van der Waals surface area contributed by atoms with Crippen LogP contribution in [-0.2, 0) is 4.79 Å². The van der Waals surface area contributed by atoms with Crippen LogP contribution in [0.1, 0.15) is 24.2 Å². The van der Waals surface area contributed by atoms with Crippen molar-refractivity contribution in [2.45, 2.75) is 19.9 Å². The van der Waals surface area contributed by atoms with E-state index in [2.05, 4.69) is 37.2 Å². The molecular formula is C12H13Br2NO4. The van der Waals surface area contributed by atoms with Gasteiger partial charge in [0.2, 0.25) is 0 Å². The normalized spacial score (nSPS) is 12.3. The van der Waals surface area contributed by atoms with Gasteiger partial charge in [-0.05, 0) is 49.9 Å². The molecule has 19 heavy (non-hydrogen) atoms. The average molecular weight is 395 g/mol. The van der Waals surface area contributed by atoms with Gasteiger partial charge >= 0.3 is 5.97 Å². The Labute approximate surface area is 127 Å². The molecule has 0 aliphatic carbocycles. The third-order valence-electron chi connectivity index (χ3n) is 2.50. The van der Waals surface area contributed by atoms with E-state index >= 15 is 0 Å². The summed E-state index contributed by atoms with van der Waals surface area (Å²) in [4.78, 5) is 23.0. The minimum Gasteiger partial charge on any atom is -0.506 e. The van der Waals surface area contributed by atoms with E-state index in [4.69, 9.17) is 5.11 Å². The number of aromatic hydroxyl groups is 1. The number of carboxylic acids is 1. The van der Waals surface area contributed by atoms with E-state index in [9.17, 15) is 14.7 Å². The maximum absolute atomic E-state index is 12.0. The minimum absolute atomic E-state index is 0.0183. The van der Waals surface area contributed by atoms with Crippen LogP contribution in [0.15, 0.2) is 21.1 Å². The Bertz CT molecular complexity index is 493. The molecule has 0 aliphatic heterocycles.